The van der Waals surface area contributed by atoms with Gasteiger partial charge in [-0.25, -0.2) is 4.79 Å². The monoisotopic (exact) mass is 476 g/mol. The van der Waals surface area contributed by atoms with Crippen LogP contribution in [0.3, 0.4) is 0 Å². The molecule has 0 fully saturated rings. The lowest BCUT2D eigenvalue weighted by molar-refractivity contribution is -0.143. The summed E-state index contributed by atoms with van der Waals surface area (Å²) in [6, 6.07) is 4.26. The number of aromatic hydroxyl groups is 1. The van der Waals surface area contributed by atoms with Gasteiger partial charge in [-0.05, 0) is 49.1 Å². The van der Waals surface area contributed by atoms with Crippen molar-refractivity contribution in [3.8, 4) is 5.75 Å². The molecule has 0 aliphatic heterocycles. The van der Waals surface area contributed by atoms with Gasteiger partial charge in [0.25, 0.3) is 0 Å². The molecule has 0 radical (unpaired) electrons. The number of phenols is 1. The fourth-order valence-electron chi connectivity index (χ4n) is 4.52. The van der Waals surface area contributed by atoms with E-state index in [2.05, 4.69) is 0 Å². The van der Waals surface area contributed by atoms with Gasteiger partial charge in [-0.1, -0.05) is 52.3 Å². The van der Waals surface area contributed by atoms with Gasteiger partial charge in [0.15, 0.2) is 5.78 Å². The maximum absolute atomic E-state index is 13.0. The average Bonchev–Trinajstić information content (AvgIpc) is 2.63. The minimum absolute atomic E-state index is 0.0492. The predicted molar refractivity (Wildman–Crippen MR) is 128 cm³/mol. The van der Waals surface area contributed by atoms with E-state index in [9.17, 15) is 19.8 Å². The third-order valence-corrected chi connectivity index (χ3v) is 5.84. The quantitative estimate of drug-likeness (QED) is 0.290. The van der Waals surface area contributed by atoms with Gasteiger partial charge in [0.1, 0.15) is 22.8 Å². The second kappa shape index (κ2) is 9.64. The zero-order valence-corrected chi connectivity index (χ0v) is 21.2. The fourth-order valence-corrected chi connectivity index (χ4v) is 4.69. The molecule has 0 saturated carbocycles. The molecule has 1 aliphatic rings. The molecule has 0 spiro atoms. The number of aliphatic hydroxyl groups excluding tert-OH is 1. The van der Waals surface area contributed by atoms with Gasteiger partial charge in [0.05, 0.1) is 18.8 Å². The second-order valence-electron chi connectivity index (χ2n) is 9.96. The van der Waals surface area contributed by atoms with E-state index in [1.54, 1.807) is 19.9 Å². The predicted octanol–water partition coefficient (Wildman–Crippen LogP) is 6.15. The van der Waals surface area contributed by atoms with Crippen LogP contribution in [0.5, 0.6) is 5.75 Å². The topological polar surface area (TPSA) is 93.1 Å². The Bertz CT molecular complexity index is 1040. The van der Waals surface area contributed by atoms with Crippen LogP contribution in [0.25, 0.3) is 0 Å². The SMILES string of the molecule is COC1=C(C(=O)OC(C)C)C(O)=C(C(C)(C)C)C(C)(C)C1C=CC(=O)c1ccc(Cl)cc1O. The molecule has 0 saturated heterocycles. The van der Waals surface area contributed by atoms with E-state index in [0.29, 0.717) is 10.6 Å². The number of rotatable bonds is 6. The first-order chi connectivity index (χ1) is 15.1. The molecule has 0 bridgehead atoms. The first-order valence-corrected chi connectivity index (χ1v) is 11.2. The van der Waals surface area contributed by atoms with Crippen LogP contribution in [-0.2, 0) is 14.3 Å². The summed E-state index contributed by atoms with van der Waals surface area (Å²) in [6.45, 7) is 13.1. The first kappa shape index (κ1) is 26.5. The normalized spacial score (nSPS) is 18.8. The number of carbonyl (C=O) groups is 2. The molecule has 6 nitrogen and oxygen atoms in total. The highest BCUT2D eigenvalue weighted by atomic mass is 35.5. The molecule has 0 aromatic heterocycles. The highest BCUT2D eigenvalue weighted by Gasteiger charge is 2.49. The van der Waals surface area contributed by atoms with Crippen molar-refractivity contribution in [2.24, 2.45) is 16.7 Å². The summed E-state index contributed by atoms with van der Waals surface area (Å²) in [4.78, 5) is 25.8. The molecule has 1 aliphatic carbocycles. The molecule has 1 aromatic rings. The highest BCUT2D eigenvalue weighted by Crippen LogP contribution is 2.53. The number of methoxy groups -OCH3 is 1. The van der Waals surface area contributed by atoms with Gasteiger partial charge >= 0.3 is 5.97 Å². The molecule has 7 heteroatoms. The van der Waals surface area contributed by atoms with Crippen LogP contribution in [0.4, 0.5) is 0 Å². The number of halogens is 1. The molecule has 2 rings (SSSR count). The van der Waals surface area contributed by atoms with Crippen LogP contribution in [0, 0.1) is 16.7 Å². The lowest BCUT2D eigenvalue weighted by atomic mass is 9.60. The van der Waals surface area contributed by atoms with Crippen molar-refractivity contribution in [3.63, 3.8) is 0 Å². The summed E-state index contributed by atoms with van der Waals surface area (Å²) >= 11 is 5.87. The van der Waals surface area contributed by atoms with Crippen LogP contribution in [0.2, 0.25) is 5.02 Å². The molecule has 1 aromatic carbocycles. The average molecular weight is 477 g/mol. The van der Waals surface area contributed by atoms with Crippen LogP contribution in [0.15, 0.2) is 53.0 Å². The number of allylic oxidation sites excluding steroid dienone is 3. The van der Waals surface area contributed by atoms with E-state index < -0.39 is 34.6 Å². The van der Waals surface area contributed by atoms with Crippen molar-refractivity contribution in [3.05, 3.63) is 63.6 Å². The second-order valence-corrected chi connectivity index (χ2v) is 10.4. The zero-order chi connectivity index (χ0) is 25.3. The van der Waals surface area contributed by atoms with E-state index in [0.717, 1.165) is 0 Å². The summed E-state index contributed by atoms with van der Waals surface area (Å²) in [5.41, 5.74) is -0.523. The van der Waals surface area contributed by atoms with Crippen LogP contribution >= 0.6 is 11.6 Å². The van der Waals surface area contributed by atoms with Gasteiger partial charge in [-0.2, -0.15) is 0 Å². The summed E-state index contributed by atoms with van der Waals surface area (Å²) in [7, 11) is 1.41. The number of hydrogen-bond donors (Lipinski definition) is 2. The third kappa shape index (κ3) is 5.44. The highest BCUT2D eigenvalue weighted by molar-refractivity contribution is 6.31. The van der Waals surface area contributed by atoms with E-state index in [1.807, 2.05) is 34.6 Å². The number of ketones is 1. The van der Waals surface area contributed by atoms with Gasteiger partial charge < -0.3 is 19.7 Å². The van der Waals surface area contributed by atoms with Crippen LogP contribution in [0.1, 0.15) is 58.8 Å². The van der Waals surface area contributed by atoms with Gasteiger partial charge in [-0.3, -0.25) is 4.79 Å². The number of ether oxygens (including phenoxy) is 2. The fraction of sp³-hybridized carbons (Fsp3) is 0.462. The summed E-state index contributed by atoms with van der Waals surface area (Å²) in [5, 5.41) is 21.6. The summed E-state index contributed by atoms with van der Waals surface area (Å²) in [6.07, 6.45) is 2.57. The zero-order valence-electron chi connectivity index (χ0n) is 20.4. The molecule has 0 amide bonds. The number of phenolic OH excluding ortho intramolecular Hbond substituents is 1. The van der Waals surface area contributed by atoms with Crippen LogP contribution < -0.4 is 0 Å². The minimum Gasteiger partial charge on any atom is -0.507 e. The summed E-state index contributed by atoms with van der Waals surface area (Å²) in [5.74, 6) is -1.88. The lowest BCUT2D eigenvalue weighted by Crippen LogP contribution is -2.39. The van der Waals surface area contributed by atoms with Crippen molar-refractivity contribution < 1.29 is 29.3 Å². The Morgan fingerprint density at radius 3 is 2.27 bits per heavy atom. The molecule has 1 atom stereocenters. The van der Waals surface area contributed by atoms with Crippen molar-refractivity contribution >= 4 is 23.4 Å². The third-order valence-electron chi connectivity index (χ3n) is 5.61. The maximum atomic E-state index is 13.0. The summed E-state index contributed by atoms with van der Waals surface area (Å²) < 4.78 is 11.0. The van der Waals surface area contributed by atoms with Crippen molar-refractivity contribution in [2.45, 2.75) is 54.6 Å². The van der Waals surface area contributed by atoms with Crippen LogP contribution in [-0.4, -0.2) is 35.2 Å². The Balaban J connectivity index is 2.68. The molecule has 33 heavy (non-hydrogen) atoms. The number of hydrogen-bond acceptors (Lipinski definition) is 6. The van der Waals surface area contributed by atoms with Gasteiger partial charge in [0, 0.05) is 16.4 Å². The van der Waals surface area contributed by atoms with Crippen molar-refractivity contribution in [1.82, 2.24) is 0 Å². The Hall–Kier alpha value is -2.73. The number of aliphatic hydroxyl groups is 1. The van der Waals surface area contributed by atoms with Crippen molar-refractivity contribution in [1.29, 1.82) is 0 Å². The largest absolute Gasteiger partial charge is 0.507 e. The Kier molecular flexibility index (Phi) is 7.74. The minimum atomic E-state index is -0.714. The maximum Gasteiger partial charge on any atom is 0.345 e. The number of esters is 1. The lowest BCUT2D eigenvalue weighted by Gasteiger charge is -2.45. The standard InChI is InChI=1S/C26H33ClO6/c1-14(2)33-24(31)20-21(30)23(25(3,4)5)26(6,7)17(22(20)32-8)11-12-18(28)16-10-9-15(27)13-19(16)29/h9-14,17,29-30H,1-8H3. The Morgan fingerprint density at radius 2 is 1.79 bits per heavy atom. The first-order valence-electron chi connectivity index (χ1n) is 10.8. The van der Waals surface area contributed by atoms with E-state index in [4.69, 9.17) is 21.1 Å². The molecule has 1 unspecified atom stereocenters. The smallest absolute Gasteiger partial charge is 0.345 e. The molecule has 0 heterocycles. The van der Waals surface area contributed by atoms with Crippen molar-refractivity contribution in [2.75, 3.05) is 7.11 Å². The van der Waals surface area contributed by atoms with Gasteiger partial charge in [0.2, 0.25) is 0 Å². The van der Waals surface area contributed by atoms with Gasteiger partial charge in [-0.15, -0.1) is 0 Å². The molecular formula is C26H33ClO6. The van der Waals surface area contributed by atoms with E-state index in [-0.39, 0.29) is 28.4 Å². The molecule has 180 valence electrons. The molecule has 2 N–H and O–H groups in total. The number of benzene rings is 1. The molecular weight excluding hydrogens is 444 g/mol. The Morgan fingerprint density at radius 1 is 1.18 bits per heavy atom. The van der Waals surface area contributed by atoms with E-state index in [1.165, 1.54) is 31.4 Å². The Labute approximate surface area is 200 Å². The number of carbonyl (C=O) groups excluding carboxylic acids is 2. The van der Waals surface area contributed by atoms with E-state index >= 15 is 0 Å².